The summed E-state index contributed by atoms with van der Waals surface area (Å²) in [6.45, 7) is 6.80. The van der Waals surface area contributed by atoms with E-state index in [2.05, 4.69) is 26.1 Å². The Labute approximate surface area is 121 Å². The molecule has 0 saturated heterocycles. The summed E-state index contributed by atoms with van der Waals surface area (Å²) in [6.07, 6.45) is 3.31. The first kappa shape index (κ1) is 15.0. The van der Waals surface area contributed by atoms with Crippen molar-refractivity contribution in [2.45, 2.75) is 52.1 Å². The van der Waals surface area contributed by atoms with Crippen LogP contribution in [0.4, 0.5) is 0 Å². The van der Waals surface area contributed by atoms with Gasteiger partial charge in [0.1, 0.15) is 6.04 Å². The molecule has 3 nitrogen and oxygen atoms in total. The van der Waals surface area contributed by atoms with Gasteiger partial charge in [-0.15, -0.1) is 0 Å². The number of carboxylic acid groups (broad SMARTS) is 1. The lowest BCUT2D eigenvalue weighted by molar-refractivity contribution is -0.140. The van der Waals surface area contributed by atoms with Gasteiger partial charge in [-0.2, -0.15) is 0 Å². The maximum Gasteiger partial charge on any atom is 0.325 e. The van der Waals surface area contributed by atoms with E-state index in [0.29, 0.717) is 5.92 Å². The molecule has 1 aromatic rings. The lowest BCUT2D eigenvalue weighted by atomic mass is 9.70. The van der Waals surface area contributed by atoms with Crippen molar-refractivity contribution in [3.8, 4) is 0 Å². The fraction of sp³-hybridized carbons (Fsp3) is 0.588. The van der Waals surface area contributed by atoms with Crippen molar-refractivity contribution in [1.82, 2.24) is 5.32 Å². The minimum atomic E-state index is -0.799. The molecule has 20 heavy (non-hydrogen) atoms. The van der Waals surface area contributed by atoms with Crippen LogP contribution in [0.5, 0.6) is 0 Å². The zero-order valence-electron chi connectivity index (χ0n) is 12.6. The van der Waals surface area contributed by atoms with Gasteiger partial charge >= 0.3 is 5.97 Å². The van der Waals surface area contributed by atoms with Gasteiger partial charge in [-0.25, -0.2) is 0 Å². The fourth-order valence-electron chi connectivity index (χ4n) is 3.66. The topological polar surface area (TPSA) is 49.3 Å². The Kier molecular flexibility index (Phi) is 4.48. The van der Waals surface area contributed by atoms with E-state index in [0.717, 1.165) is 18.4 Å². The minimum Gasteiger partial charge on any atom is -0.480 e. The number of aliphatic carboxylic acids is 1. The minimum absolute atomic E-state index is 0.273. The van der Waals surface area contributed by atoms with Crippen molar-refractivity contribution in [2.24, 2.45) is 11.3 Å². The standard InChI is InChI=1S/C17H25NO2/c1-12-9-14(11-17(2,3)10-12)18-15(16(19)20)13-7-5-4-6-8-13/h4-8,12,14-15,18H,9-11H2,1-3H3,(H,19,20). The second-order valence-electron chi connectivity index (χ2n) is 6.96. The van der Waals surface area contributed by atoms with Gasteiger partial charge in [0, 0.05) is 6.04 Å². The number of nitrogens with one attached hydrogen (secondary N) is 1. The van der Waals surface area contributed by atoms with Crippen molar-refractivity contribution in [1.29, 1.82) is 0 Å². The normalized spacial score (nSPS) is 26.9. The van der Waals surface area contributed by atoms with Gasteiger partial charge in [0.15, 0.2) is 0 Å². The van der Waals surface area contributed by atoms with Gasteiger partial charge in [-0.05, 0) is 36.2 Å². The summed E-state index contributed by atoms with van der Waals surface area (Å²) in [7, 11) is 0. The predicted octanol–water partition coefficient (Wildman–Crippen LogP) is 3.62. The van der Waals surface area contributed by atoms with Crippen LogP contribution in [0, 0.1) is 11.3 Å². The first-order chi connectivity index (χ1) is 9.37. The van der Waals surface area contributed by atoms with Crippen molar-refractivity contribution < 1.29 is 9.90 Å². The molecule has 0 aromatic heterocycles. The average molecular weight is 275 g/mol. The molecular weight excluding hydrogens is 250 g/mol. The van der Waals surface area contributed by atoms with E-state index in [1.165, 1.54) is 6.42 Å². The molecule has 1 aromatic carbocycles. The number of hydrogen-bond donors (Lipinski definition) is 2. The van der Waals surface area contributed by atoms with Crippen molar-refractivity contribution >= 4 is 5.97 Å². The Hall–Kier alpha value is -1.35. The predicted molar refractivity (Wildman–Crippen MR) is 80.5 cm³/mol. The van der Waals surface area contributed by atoms with Gasteiger partial charge in [0.2, 0.25) is 0 Å². The quantitative estimate of drug-likeness (QED) is 0.882. The second-order valence-corrected chi connectivity index (χ2v) is 6.96. The van der Waals surface area contributed by atoms with Gasteiger partial charge in [-0.1, -0.05) is 51.1 Å². The molecule has 0 amide bonds. The molecule has 1 aliphatic rings. The van der Waals surface area contributed by atoms with Crippen LogP contribution in [0.3, 0.4) is 0 Å². The molecule has 1 aliphatic carbocycles. The first-order valence-corrected chi connectivity index (χ1v) is 7.41. The van der Waals surface area contributed by atoms with Crippen LogP contribution in [0.25, 0.3) is 0 Å². The van der Waals surface area contributed by atoms with Gasteiger partial charge in [-0.3, -0.25) is 10.1 Å². The molecule has 0 radical (unpaired) electrons. The number of carboxylic acids is 1. The summed E-state index contributed by atoms with van der Waals surface area (Å²) < 4.78 is 0. The highest BCUT2D eigenvalue weighted by atomic mass is 16.4. The SMILES string of the molecule is CC1CC(NC(C(=O)O)c2ccccc2)CC(C)(C)C1. The molecule has 0 aliphatic heterocycles. The molecule has 0 heterocycles. The van der Waals surface area contributed by atoms with Crippen LogP contribution >= 0.6 is 0 Å². The molecule has 2 N–H and O–H groups in total. The summed E-state index contributed by atoms with van der Waals surface area (Å²) >= 11 is 0. The molecule has 3 unspecified atom stereocenters. The van der Waals surface area contributed by atoms with Crippen LogP contribution in [0.2, 0.25) is 0 Å². The van der Waals surface area contributed by atoms with Gasteiger partial charge < -0.3 is 5.11 Å². The van der Waals surface area contributed by atoms with E-state index in [1.54, 1.807) is 0 Å². The van der Waals surface area contributed by atoms with Gasteiger partial charge in [0.05, 0.1) is 0 Å². The van der Waals surface area contributed by atoms with E-state index in [-0.39, 0.29) is 11.5 Å². The summed E-state index contributed by atoms with van der Waals surface area (Å²) in [4.78, 5) is 11.6. The summed E-state index contributed by atoms with van der Waals surface area (Å²) in [5.41, 5.74) is 1.12. The average Bonchev–Trinajstić information content (AvgIpc) is 2.34. The van der Waals surface area contributed by atoms with E-state index < -0.39 is 12.0 Å². The van der Waals surface area contributed by atoms with Crippen LogP contribution < -0.4 is 5.32 Å². The fourth-order valence-corrected chi connectivity index (χ4v) is 3.66. The molecule has 2 rings (SSSR count). The maximum atomic E-state index is 11.6. The number of carbonyl (C=O) groups is 1. The summed E-state index contributed by atoms with van der Waals surface area (Å²) in [5, 5.41) is 12.8. The van der Waals surface area contributed by atoms with Crippen molar-refractivity contribution in [2.75, 3.05) is 0 Å². The van der Waals surface area contributed by atoms with E-state index in [1.807, 2.05) is 30.3 Å². The van der Waals surface area contributed by atoms with Crippen LogP contribution in [-0.4, -0.2) is 17.1 Å². The van der Waals surface area contributed by atoms with Crippen molar-refractivity contribution in [3.63, 3.8) is 0 Å². The molecule has 1 saturated carbocycles. The van der Waals surface area contributed by atoms with Crippen molar-refractivity contribution in [3.05, 3.63) is 35.9 Å². The lowest BCUT2D eigenvalue weighted by Gasteiger charge is -2.40. The summed E-state index contributed by atoms with van der Waals surface area (Å²) in [5.74, 6) is -0.159. The largest absolute Gasteiger partial charge is 0.480 e. The molecule has 1 fully saturated rings. The Morgan fingerprint density at radius 2 is 1.95 bits per heavy atom. The van der Waals surface area contributed by atoms with E-state index in [4.69, 9.17) is 0 Å². The molecule has 3 heteroatoms. The third-order valence-electron chi connectivity index (χ3n) is 4.17. The third-order valence-corrected chi connectivity index (χ3v) is 4.17. The monoisotopic (exact) mass is 275 g/mol. The Balaban J connectivity index is 2.11. The van der Waals surface area contributed by atoms with Gasteiger partial charge in [0.25, 0.3) is 0 Å². The summed E-state index contributed by atoms with van der Waals surface area (Å²) in [6, 6.07) is 9.11. The number of hydrogen-bond acceptors (Lipinski definition) is 2. The Morgan fingerprint density at radius 1 is 1.30 bits per heavy atom. The highest BCUT2D eigenvalue weighted by Crippen LogP contribution is 2.39. The molecule has 0 bridgehead atoms. The second kappa shape index (κ2) is 5.96. The van der Waals surface area contributed by atoms with E-state index >= 15 is 0 Å². The Morgan fingerprint density at radius 3 is 2.50 bits per heavy atom. The Bertz CT molecular complexity index is 455. The maximum absolute atomic E-state index is 11.6. The smallest absolute Gasteiger partial charge is 0.325 e. The molecule has 110 valence electrons. The highest BCUT2D eigenvalue weighted by molar-refractivity contribution is 5.75. The van der Waals surface area contributed by atoms with Crippen LogP contribution in [-0.2, 0) is 4.79 Å². The zero-order valence-corrected chi connectivity index (χ0v) is 12.6. The van der Waals surface area contributed by atoms with Crippen LogP contribution in [0.1, 0.15) is 51.6 Å². The first-order valence-electron chi connectivity index (χ1n) is 7.41. The number of rotatable bonds is 4. The highest BCUT2D eigenvalue weighted by Gasteiger charge is 2.34. The molecular formula is C17H25NO2. The molecule has 0 spiro atoms. The third kappa shape index (κ3) is 3.83. The lowest BCUT2D eigenvalue weighted by Crippen LogP contribution is -2.43. The molecule has 3 atom stereocenters. The number of benzene rings is 1. The zero-order chi connectivity index (χ0) is 14.8. The van der Waals surface area contributed by atoms with Crippen LogP contribution in [0.15, 0.2) is 30.3 Å². The van der Waals surface area contributed by atoms with E-state index in [9.17, 15) is 9.90 Å².